The van der Waals surface area contributed by atoms with Gasteiger partial charge in [-0.1, -0.05) is 54.9 Å². The van der Waals surface area contributed by atoms with Gasteiger partial charge < -0.3 is 10.2 Å². The smallest absolute Gasteiger partial charge is 0.321 e. The molecule has 4 rings (SSSR count). The van der Waals surface area contributed by atoms with Gasteiger partial charge in [0.1, 0.15) is 5.04 Å². The Morgan fingerprint density at radius 3 is 2.57 bits per heavy atom. The summed E-state index contributed by atoms with van der Waals surface area (Å²) >= 11 is 7.91. The Morgan fingerprint density at radius 2 is 1.87 bits per heavy atom. The van der Waals surface area contributed by atoms with Crippen LogP contribution >= 0.6 is 23.4 Å². The van der Waals surface area contributed by atoms with Crippen molar-refractivity contribution in [2.24, 2.45) is 9.98 Å². The lowest BCUT2D eigenvalue weighted by Crippen LogP contribution is -2.46. The van der Waals surface area contributed by atoms with E-state index in [9.17, 15) is 4.79 Å². The number of benzene rings is 2. The molecule has 0 unspecified atom stereocenters. The average Bonchev–Trinajstić information content (AvgIpc) is 3.10. The Balaban J connectivity index is 1.47. The first kappa shape index (κ1) is 20.9. The molecule has 1 fully saturated rings. The zero-order chi connectivity index (χ0) is 21.1. The van der Waals surface area contributed by atoms with Crippen molar-refractivity contribution in [3.05, 3.63) is 64.7 Å². The molecule has 2 aromatic rings. The van der Waals surface area contributed by atoms with Crippen molar-refractivity contribution in [2.45, 2.75) is 32.4 Å². The number of likely N-dealkylation sites (tertiary alicyclic amines) is 1. The number of nitrogens with one attached hydrogen (secondary N) is 1. The van der Waals surface area contributed by atoms with Crippen molar-refractivity contribution < 1.29 is 4.79 Å². The highest BCUT2D eigenvalue weighted by atomic mass is 35.5. The third kappa shape index (κ3) is 4.25. The maximum atomic E-state index is 12.8. The maximum Gasteiger partial charge on any atom is 0.321 e. The van der Waals surface area contributed by atoms with Crippen LogP contribution in [-0.4, -0.2) is 46.2 Å². The number of carbonyl (C=O) groups is 1. The molecule has 0 aromatic heterocycles. The van der Waals surface area contributed by atoms with Crippen LogP contribution in [0.4, 0.5) is 10.5 Å². The van der Waals surface area contributed by atoms with E-state index < -0.39 is 5.66 Å². The lowest BCUT2D eigenvalue weighted by molar-refractivity contribution is 0.175. The van der Waals surface area contributed by atoms with Gasteiger partial charge in [-0.3, -0.25) is 4.99 Å². The molecule has 0 radical (unpaired) electrons. The molecule has 0 atom stereocenters. The number of hydrogen-bond acceptors (Lipinski definition) is 4. The largest absolute Gasteiger partial charge is 0.324 e. The zero-order valence-corrected chi connectivity index (χ0v) is 18.8. The molecule has 1 N–H and O–H groups in total. The summed E-state index contributed by atoms with van der Waals surface area (Å²) in [5, 5.41) is 4.65. The minimum atomic E-state index is -0.453. The van der Waals surface area contributed by atoms with E-state index in [4.69, 9.17) is 21.6 Å². The Kier molecular flexibility index (Phi) is 6.16. The number of nitrogens with zero attached hydrogens (tertiary/aromatic N) is 3. The molecule has 156 valence electrons. The summed E-state index contributed by atoms with van der Waals surface area (Å²) in [5.41, 5.74) is 3.25. The van der Waals surface area contributed by atoms with Crippen molar-refractivity contribution in [1.82, 2.24) is 4.90 Å². The summed E-state index contributed by atoms with van der Waals surface area (Å²) in [6.45, 7) is 5.27. The number of halogens is 1. The van der Waals surface area contributed by atoms with Crippen LogP contribution in [0, 0.1) is 6.92 Å². The summed E-state index contributed by atoms with van der Waals surface area (Å²) < 4.78 is 0. The molecule has 2 amide bonds. The predicted molar refractivity (Wildman–Crippen MR) is 127 cm³/mol. The van der Waals surface area contributed by atoms with Crippen molar-refractivity contribution in [3.8, 4) is 0 Å². The number of amides is 2. The summed E-state index contributed by atoms with van der Waals surface area (Å²) in [6, 6.07) is 15.7. The number of carbonyl (C=O) groups excluding carboxylic acids is 1. The zero-order valence-electron chi connectivity index (χ0n) is 17.2. The highest BCUT2D eigenvalue weighted by molar-refractivity contribution is 8.15. The molecule has 30 heavy (non-hydrogen) atoms. The van der Waals surface area contributed by atoms with Gasteiger partial charge in [-0.25, -0.2) is 9.79 Å². The van der Waals surface area contributed by atoms with E-state index in [1.54, 1.807) is 11.8 Å². The normalized spacial score (nSPS) is 17.6. The van der Waals surface area contributed by atoms with E-state index in [0.717, 1.165) is 46.2 Å². The van der Waals surface area contributed by atoms with E-state index >= 15 is 0 Å². The lowest BCUT2D eigenvalue weighted by Gasteiger charge is -2.35. The van der Waals surface area contributed by atoms with Crippen LogP contribution in [0.3, 0.4) is 0 Å². The van der Waals surface area contributed by atoms with E-state index in [0.29, 0.717) is 18.1 Å². The van der Waals surface area contributed by atoms with E-state index in [2.05, 4.69) is 24.4 Å². The van der Waals surface area contributed by atoms with Gasteiger partial charge in [-0.05, 0) is 30.4 Å². The lowest BCUT2D eigenvalue weighted by atomic mass is 9.98. The maximum absolute atomic E-state index is 12.8. The Hall–Kier alpha value is -2.31. The predicted octanol–water partition coefficient (Wildman–Crippen LogP) is 5.63. The third-order valence-corrected chi connectivity index (χ3v) is 6.78. The number of aliphatic imine (C=N–C) groups is 2. The van der Waals surface area contributed by atoms with Crippen LogP contribution in [0.2, 0.25) is 5.02 Å². The third-order valence-electron chi connectivity index (χ3n) is 5.52. The first-order valence-corrected chi connectivity index (χ1v) is 11.6. The number of anilines is 1. The minimum absolute atomic E-state index is 0.104. The molecule has 2 aliphatic rings. The average molecular weight is 441 g/mol. The van der Waals surface area contributed by atoms with Crippen LogP contribution in [0.1, 0.15) is 30.9 Å². The fourth-order valence-corrected chi connectivity index (χ4v) is 4.76. The van der Waals surface area contributed by atoms with Crippen molar-refractivity contribution in [2.75, 3.05) is 24.2 Å². The van der Waals surface area contributed by atoms with Gasteiger partial charge in [-0.2, -0.15) is 0 Å². The van der Waals surface area contributed by atoms with E-state index in [1.165, 1.54) is 0 Å². The molecular formula is C23H25ClN4OS. The summed E-state index contributed by atoms with van der Waals surface area (Å²) in [6.07, 6.45) is 1.44. The van der Waals surface area contributed by atoms with E-state index in [1.807, 2.05) is 48.2 Å². The van der Waals surface area contributed by atoms with Gasteiger partial charge in [0.15, 0.2) is 5.66 Å². The standard InChI is InChI=1S/C23H25ClN4OS/c1-3-30-21-20(17-8-5-4-6-9-17)26-23(27-21)12-14-28(15-13-23)22(29)25-19-11-7-10-18(24)16(19)2/h4-11H,3,12-15H2,1-2H3,(H,25,29). The molecular weight excluding hydrogens is 416 g/mol. The first-order valence-electron chi connectivity index (χ1n) is 10.2. The second kappa shape index (κ2) is 8.82. The van der Waals surface area contributed by atoms with Crippen LogP contribution < -0.4 is 5.32 Å². The summed E-state index contributed by atoms with van der Waals surface area (Å²) in [5.74, 6) is 0.953. The molecule has 7 heteroatoms. The first-order chi connectivity index (χ1) is 14.5. The number of hydrogen-bond donors (Lipinski definition) is 1. The number of urea groups is 1. The van der Waals surface area contributed by atoms with E-state index in [-0.39, 0.29) is 6.03 Å². The second-order valence-electron chi connectivity index (χ2n) is 7.49. The molecule has 2 aromatic carbocycles. The van der Waals surface area contributed by atoms with Gasteiger partial charge in [0.25, 0.3) is 0 Å². The second-order valence-corrected chi connectivity index (χ2v) is 9.15. The van der Waals surface area contributed by atoms with Crippen LogP contribution in [-0.2, 0) is 0 Å². The Morgan fingerprint density at radius 1 is 1.13 bits per heavy atom. The van der Waals surface area contributed by atoms with Gasteiger partial charge in [0.05, 0.1) is 5.71 Å². The van der Waals surface area contributed by atoms with Crippen LogP contribution in [0.15, 0.2) is 58.5 Å². The number of thioether (sulfide) groups is 1. The SMILES string of the molecule is CCSC1=NC2(CCN(C(=O)Nc3cccc(Cl)c3C)CC2)N=C1c1ccccc1. The summed E-state index contributed by atoms with van der Waals surface area (Å²) in [7, 11) is 0. The Bertz CT molecular complexity index is 998. The van der Waals surface area contributed by atoms with Crippen molar-refractivity contribution in [1.29, 1.82) is 0 Å². The van der Waals surface area contributed by atoms with Gasteiger partial charge in [0.2, 0.25) is 0 Å². The minimum Gasteiger partial charge on any atom is -0.324 e. The highest BCUT2D eigenvalue weighted by Crippen LogP contribution is 2.36. The molecule has 1 saturated heterocycles. The van der Waals surface area contributed by atoms with Crippen LogP contribution in [0.5, 0.6) is 0 Å². The molecule has 0 saturated carbocycles. The number of rotatable bonds is 3. The fraction of sp³-hybridized carbons (Fsp3) is 0.348. The van der Waals surface area contributed by atoms with Gasteiger partial charge in [0, 0.05) is 42.2 Å². The molecule has 2 heterocycles. The van der Waals surface area contributed by atoms with Gasteiger partial charge in [-0.15, -0.1) is 11.8 Å². The number of piperidine rings is 1. The van der Waals surface area contributed by atoms with Crippen LogP contribution in [0.25, 0.3) is 0 Å². The fourth-order valence-electron chi connectivity index (χ4n) is 3.77. The molecule has 1 spiro atoms. The quantitative estimate of drug-likeness (QED) is 0.672. The summed E-state index contributed by atoms with van der Waals surface area (Å²) in [4.78, 5) is 24.7. The Labute approximate surface area is 186 Å². The van der Waals surface area contributed by atoms with Crippen molar-refractivity contribution >= 4 is 45.8 Å². The molecule has 2 aliphatic heterocycles. The molecule has 5 nitrogen and oxygen atoms in total. The highest BCUT2D eigenvalue weighted by Gasteiger charge is 2.40. The van der Waals surface area contributed by atoms with Gasteiger partial charge >= 0.3 is 6.03 Å². The molecule has 0 aliphatic carbocycles. The topological polar surface area (TPSA) is 57.1 Å². The monoisotopic (exact) mass is 440 g/mol. The van der Waals surface area contributed by atoms with Crippen molar-refractivity contribution in [3.63, 3.8) is 0 Å². The molecule has 0 bridgehead atoms.